The number of aryl methyl sites for hydroxylation is 1. The molecule has 0 amide bonds. The molecule has 0 bridgehead atoms. The van der Waals surface area contributed by atoms with Gasteiger partial charge in [0.25, 0.3) is 0 Å². The van der Waals surface area contributed by atoms with Crippen LogP contribution in [0.3, 0.4) is 0 Å². The number of rotatable bonds is 7. The van der Waals surface area contributed by atoms with E-state index in [0.29, 0.717) is 5.88 Å². The van der Waals surface area contributed by atoms with Crippen LogP contribution < -0.4 is 0 Å². The minimum absolute atomic E-state index is 0.532. The molecule has 0 radical (unpaired) electrons. The van der Waals surface area contributed by atoms with E-state index in [-0.39, 0.29) is 0 Å². The lowest BCUT2D eigenvalue weighted by Crippen LogP contribution is -2.37. The Morgan fingerprint density at radius 2 is 2.42 bits per heavy atom. The van der Waals surface area contributed by atoms with Gasteiger partial charge in [0.15, 0.2) is 0 Å². The molecule has 1 fully saturated rings. The minimum atomic E-state index is 0.532. The second-order valence-electron chi connectivity index (χ2n) is 5.51. The molecule has 1 aliphatic heterocycles. The topological polar surface area (TPSA) is 19.4 Å². The fraction of sp³-hybridized carbons (Fsp3) is 0.786. The normalized spacial score (nSPS) is 20.5. The monoisotopic (exact) mass is 301 g/mol. The molecular formula is C14H24ClN3S. The van der Waals surface area contributed by atoms with Crippen LogP contribution in [0, 0.1) is 0 Å². The van der Waals surface area contributed by atoms with Crippen LogP contribution in [-0.4, -0.2) is 54.6 Å². The molecule has 108 valence electrons. The number of likely N-dealkylation sites (N-methyl/N-ethyl adjacent to an activating group) is 2. The van der Waals surface area contributed by atoms with Gasteiger partial charge in [-0.3, -0.25) is 0 Å². The molecule has 1 aliphatic rings. The van der Waals surface area contributed by atoms with E-state index in [1.54, 1.807) is 11.3 Å². The Kier molecular flexibility index (Phi) is 6.07. The summed E-state index contributed by atoms with van der Waals surface area (Å²) >= 11 is 7.50. The number of thiazole rings is 1. The average molecular weight is 302 g/mol. The Morgan fingerprint density at radius 1 is 1.58 bits per heavy atom. The summed E-state index contributed by atoms with van der Waals surface area (Å²) in [5.41, 5.74) is 1.02. The molecule has 5 heteroatoms. The Balaban J connectivity index is 1.64. The van der Waals surface area contributed by atoms with Crippen molar-refractivity contribution < 1.29 is 0 Å². The molecule has 1 saturated heterocycles. The third-order valence-electron chi connectivity index (χ3n) is 3.86. The van der Waals surface area contributed by atoms with Crippen molar-refractivity contribution in [1.29, 1.82) is 0 Å². The van der Waals surface area contributed by atoms with E-state index < -0.39 is 0 Å². The zero-order valence-corrected chi connectivity index (χ0v) is 13.5. The van der Waals surface area contributed by atoms with Gasteiger partial charge in [0.05, 0.1) is 16.6 Å². The fourth-order valence-corrected chi connectivity index (χ4v) is 3.75. The van der Waals surface area contributed by atoms with Crippen molar-refractivity contribution in [1.82, 2.24) is 14.8 Å². The van der Waals surface area contributed by atoms with E-state index in [4.69, 9.17) is 11.6 Å². The van der Waals surface area contributed by atoms with Crippen LogP contribution >= 0.6 is 22.9 Å². The number of nitrogens with zero attached hydrogens (tertiary/aromatic N) is 3. The summed E-state index contributed by atoms with van der Waals surface area (Å²) in [6.45, 7) is 3.61. The Bertz CT molecular complexity index is 383. The summed E-state index contributed by atoms with van der Waals surface area (Å²) in [5, 5.41) is 3.29. The van der Waals surface area contributed by atoms with Gasteiger partial charge in [0, 0.05) is 24.4 Å². The van der Waals surface area contributed by atoms with Crippen molar-refractivity contribution in [3.05, 3.63) is 16.1 Å². The van der Waals surface area contributed by atoms with E-state index in [1.807, 2.05) is 0 Å². The van der Waals surface area contributed by atoms with Gasteiger partial charge in [-0.05, 0) is 46.4 Å². The smallest absolute Gasteiger partial charge is 0.0929 e. The SMILES string of the molecule is CN(CCCc1nc(CCl)cs1)CC1CCCN1C. The molecule has 1 atom stereocenters. The molecule has 2 heterocycles. The average Bonchev–Trinajstić information content (AvgIpc) is 2.99. The highest BCUT2D eigenvalue weighted by Crippen LogP contribution is 2.16. The van der Waals surface area contributed by atoms with Gasteiger partial charge in [-0.2, -0.15) is 0 Å². The Hall–Kier alpha value is -0.160. The van der Waals surface area contributed by atoms with Gasteiger partial charge >= 0.3 is 0 Å². The predicted molar refractivity (Wildman–Crippen MR) is 83.1 cm³/mol. The van der Waals surface area contributed by atoms with Crippen LogP contribution in [0.2, 0.25) is 0 Å². The maximum Gasteiger partial charge on any atom is 0.0929 e. The zero-order chi connectivity index (χ0) is 13.7. The quantitative estimate of drug-likeness (QED) is 0.722. The second kappa shape index (κ2) is 7.58. The third-order valence-corrected chi connectivity index (χ3v) is 5.09. The first-order valence-corrected chi connectivity index (χ1v) is 8.48. The highest BCUT2D eigenvalue weighted by molar-refractivity contribution is 7.09. The maximum absolute atomic E-state index is 5.76. The molecule has 0 saturated carbocycles. The number of halogens is 1. The van der Waals surface area contributed by atoms with Crippen molar-refractivity contribution >= 4 is 22.9 Å². The fourth-order valence-electron chi connectivity index (χ4n) is 2.69. The molecule has 3 nitrogen and oxygen atoms in total. The Labute approximate surface area is 125 Å². The summed E-state index contributed by atoms with van der Waals surface area (Å²) < 4.78 is 0. The lowest BCUT2D eigenvalue weighted by atomic mass is 10.2. The zero-order valence-electron chi connectivity index (χ0n) is 11.9. The largest absolute Gasteiger partial charge is 0.305 e. The van der Waals surface area contributed by atoms with Gasteiger partial charge in [0.2, 0.25) is 0 Å². The molecule has 2 rings (SSSR count). The molecule has 1 unspecified atom stereocenters. The van der Waals surface area contributed by atoms with E-state index in [2.05, 4.69) is 34.3 Å². The molecule has 0 spiro atoms. The standard InChI is InChI=1S/C14H24ClN3S/c1-17(10-13-5-3-8-18(13)2)7-4-6-14-16-12(9-15)11-19-14/h11,13H,3-10H2,1-2H3. The van der Waals surface area contributed by atoms with Crippen molar-refractivity contribution in [3.63, 3.8) is 0 Å². The van der Waals surface area contributed by atoms with Crippen LogP contribution in [-0.2, 0) is 12.3 Å². The number of hydrogen-bond acceptors (Lipinski definition) is 4. The third kappa shape index (κ3) is 4.71. The molecule has 0 aliphatic carbocycles. The van der Waals surface area contributed by atoms with E-state index >= 15 is 0 Å². The lowest BCUT2D eigenvalue weighted by Gasteiger charge is -2.25. The summed E-state index contributed by atoms with van der Waals surface area (Å²) in [4.78, 5) is 9.45. The molecular weight excluding hydrogens is 278 g/mol. The van der Waals surface area contributed by atoms with Crippen LogP contribution in [0.5, 0.6) is 0 Å². The van der Waals surface area contributed by atoms with Crippen molar-refractivity contribution in [2.45, 2.75) is 37.6 Å². The van der Waals surface area contributed by atoms with Gasteiger partial charge in [-0.1, -0.05) is 0 Å². The van der Waals surface area contributed by atoms with Crippen LogP contribution in [0.25, 0.3) is 0 Å². The number of hydrogen-bond donors (Lipinski definition) is 0. The predicted octanol–water partition coefficient (Wildman–Crippen LogP) is 2.84. The Morgan fingerprint density at radius 3 is 3.05 bits per heavy atom. The number of likely N-dealkylation sites (tertiary alicyclic amines) is 1. The molecule has 0 N–H and O–H groups in total. The van der Waals surface area contributed by atoms with Crippen LogP contribution in [0.4, 0.5) is 0 Å². The summed E-state index contributed by atoms with van der Waals surface area (Å²) in [6.07, 6.45) is 4.97. The van der Waals surface area contributed by atoms with Gasteiger partial charge in [0.1, 0.15) is 0 Å². The first-order valence-electron chi connectivity index (χ1n) is 7.07. The number of alkyl halides is 1. The van der Waals surface area contributed by atoms with Crippen LogP contribution in [0.1, 0.15) is 30.0 Å². The van der Waals surface area contributed by atoms with E-state index in [0.717, 1.165) is 24.7 Å². The highest BCUT2D eigenvalue weighted by atomic mass is 35.5. The molecule has 1 aromatic heterocycles. The summed E-state index contributed by atoms with van der Waals surface area (Å²) in [6, 6.07) is 0.757. The highest BCUT2D eigenvalue weighted by Gasteiger charge is 2.21. The number of aromatic nitrogens is 1. The molecule has 0 aromatic carbocycles. The van der Waals surface area contributed by atoms with Crippen molar-refractivity contribution in [2.24, 2.45) is 0 Å². The van der Waals surface area contributed by atoms with Gasteiger partial charge < -0.3 is 9.80 Å². The van der Waals surface area contributed by atoms with E-state index in [9.17, 15) is 0 Å². The lowest BCUT2D eigenvalue weighted by molar-refractivity contribution is 0.219. The summed E-state index contributed by atoms with van der Waals surface area (Å²) in [7, 11) is 4.48. The first kappa shape index (κ1) is 15.2. The van der Waals surface area contributed by atoms with E-state index in [1.165, 1.54) is 37.4 Å². The summed E-state index contributed by atoms with van der Waals surface area (Å²) in [5.74, 6) is 0.532. The van der Waals surface area contributed by atoms with Crippen molar-refractivity contribution in [2.75, 3.05) is 33.7 Å². The maximum atomic E-state index is 5.76. The molecule has 19 heavy (non-hydrogen) atoms. The van der Waals surface area contributed by atoms with Gasteiger partial charge in [-0.15, -0.1) is 22.9 Å². The minimum Gasteiger partial charge on any atom is -0.305 e. The van der Waals surface area contributed by atoms with Crippen LogP contribution in [0.15, 0.2) is 5.38 Å². The van der Waals surface area contributed by atoms with Gasteiger partial charge in [-0.25, -0.2) is 4.98 Å². The van der Waals surface area contributed by atoms with Crippen molar-refractivity contribution in [3.8, 4) is 0 Å². The second-order valence-corrected chi connectivity index (χ2v) is 6.72. The first-order chi connectivity index (χ1) is 9.19. The molecule has 1 aromatic rings.